The van der Waals surface area contributed by atoms with E-state index in [2.05, 4.69) is 20.8 Å². The number of ether oxygens (including phenoxy) is 1. The molecular weight excluding hydrogens is 200 g/mol. The van der Waals surface area contributed by atoms with Crippen LogP contribution < -0.4 is 0 Å². The van der Waals surface area contributed by atoms with E-state index in [1.54, 1.807) is 0 Å². The summed E-state index contributed by atoms with van der Waals surface area (Å²) in [6.45, 7) is 6.70. The fourth-order valence-electron chi connectivity index (χ4n) is 5.00. The first-order chi connectivity index (χ1) is 7.68. The highest BCUT2D eigenvalue weighted by molar-refractivity contribution is 5.78. The molecule has 0 spiro atoms. The molecule has 0 bridgehead atoms. The quantitative estimate of drug-likeness (QED) is 0.686. The van der Waals surface area contributed by atoms with E-state index in [0.29, 0.717) is 11.8 Å². The van der Waals surface area contributed by atoms with E-state index in [-0.39, 0.29) is 17.5 Å². The third-order valence-electron chi connectivity index (χ3n) is 5.69. The van der Waals surface area contributed by atoms with E-state index < -0.39 is 0 Å². The van der Waals surface area contributed by atoms with E-state index in [0.717, 1.165) is 31.1 Å². The van der Waals surface area contributed by atoms with Crippen molar-refractivity contribution in [3.05, 3.63) is 0 Å². The summed E-state index contributed by atoms with van der Waals surface area (Å²) in [6, 6.07) is 0. The van der Waals surface area contributed by atoms with Gasteiger partial charge in [-0.1, -0.05) is 33.6 Å². The van der Waals surface area contributed by atoms with Gasteiger partial charge in [0.2, 0.25) is 0 Å². The molecule has 0 N–H and O–H groups in total. The minimum Gasteiger partial charge on any atom is -0.459 e. The first-order valence-corrected chi connectivity index (χ1v) is 6.91. The normalized spacial score (nSPS) is 53.4. The maximum absolute atomic E-state index is 11.9. The molecule has 6 atom stereocenters. The Hall–Kier alpha value is -0.530. The molecule has 1 saturated heterocycles. The second-order valence-electron chi connectivity index (χ2n) is 5.91. The Morgan fingerprint density at radius 1 is 1.31 bits per heavy atom. The summed E-state index contributed by atoms with van der Waals surface area (Å²) in [5, 5.41) is 0. The van der Waals surface area contributed by atoms with Crippen LogP contribution in [0.2, 0.25) is 0 Å². The van der Waals surface area contributed by atoms with Crippen molar-refractivity contribution >= 4 is 5.97 Å². The molecule has 2 aliphatic carbocycles. The summed E-state index contributed by atoms with van der Waals surface area (Å²) in [7, 11) is 0. The Bertz CT molecular complexity index is 325. The molecule has 3 rings (SSSR count). The maximum Gasteiger partial charge on any atom is 0.310 e. The van der Waals surface area contributed by atoms with Crippen molar-refractivity contribution in [1.29, 1.82) is 0 Å². The minimum absolute atomic E-state index is 0.0568. The van der Waals surface area contributed by atoms with Gasteiger partial charge in [0.1, 0.15) is 5.60 Å². The molecule has 0 radical (unpaired) electrons. The smallest absolute Gasteiger partial charge is 0.310 e. The van der Waals surface area contributed by atoms with Crippen molar-refractivity contribution in [3.8, 4) is 0 Å². The van der Waals surface area contributed by atoms with Crippen LogP contribution in [-0.2, 0) is 9.53 Å². The number of esters is 1. The molecule has 0 aromatic carbocycles. The van der Waals surface area contributed by atoms with E-state index in [4.69, 9.17) is 4.74 Å². The predicted octanol–water partition coefficient (Wildman–Crippen LogP) is 3.01. The number of hydrogen-bond donors (Lipinski definition) is 0. The summed E-state index contributed by atoms with van der Waals surface area (Å²) in [6.07, 6.45) is 4.55. The standard InChI is InChI=1S/C14H22O2/c1-4-8-7-14(6-3)12-10(8)9(5-2)11(12)13(15)16-14/h8-12H,4-7H2,1-3H3/t8-,9-,10-,11+,12-,14-/m0/s1. The van der Waals surface area contributed by atoms with Gasteiger partial charge in [-0.3, -0.25) is 4.79 Å². The average molecular weight is 222 g/mol. The Morgan fingerprint density at radius 3 is 2.62 bits per heavy atom. The first-order valence-electron chi connectivity index (χ1n) is 6.91. The molecule has 0 amide bonds. The average Bonchev–Trinajstić information content (AvgIpc) is 2.61. The molecule has 0 aromatic rings. The Labute approximate surface area is 97.7 Å². The van der Waals surface area contributed by atoms with Crippen LogP contribution in [0.5, 0.6) is 0 Å². The SMILES string of the molecule is CC[C@H]1C[C@]2(CC)OC(=O)[C@@H]3[C@@H](CC)[C@H]1[C@@H]32. The third-order valence-corrected chi connectivity index (χ3v) is 5.69. The van der Waals surface area contributed by atoms with Crippen LogP contribution in [0.3, 0.4) is 0 Å². The van der Waals surface area contributed by atoms with Gasteiger partial charge < -0.3 is 4.74 Å². The van der Waals surface area contributed by atoms with Gasteiger partial charge in [0.15, 0.2) is 0 Å². The van der Waals surface area contributed by atoms with Crippen molar-refractivity contribution in [1.82, 2.24) is 0 Å². The van der Waals surface area contributed by atoms with E-state index in [1.807, 2.05) is 0 Å². The summed E-state index contributed by atoms with van der Waals surface area (Å²) >= 11 is 0. The third kappa shape index (κ3) is 0.970. The molecule has 3 fully saturated rings. The van der Waals surface area contributed by atoms with Crippen LogP contribution in [0.25, 0.3) is 0 Å². The summed E-state index contributed by atoms with van der Waals surface area (Å²) in [5.74, 6) is 3.15. The van der Waals surface area contributed by atoms with Gasteiger partial charge in [-0.2, -0.15) is 0 Å². The van der Waals surface area contributed by atoms with E-state index >= 15 is 0 Å². The molecular formula is C14H22O2. The fourth-order valence-corrected chi connectivity index (χ4v) is 5.00. The second kappa shape index (κ2) is 3.24. The van der Waals surface area contributed by atoms with Crippen molar-refractivity contribution in [3.63, 3.8) is 0 Å². The van der Waals surface area contributed by atoms with Crippen molar-refractivity contribution < 1.29 is 9.53 Å². The lowest BCUT2D eigenvalue weighted by atomic mass is 9.54. The van der Waals surface area contributed by atoms with E-state index in [1.165, 1.54) is 6.42 Å². The van der Waals surface area contributed by atoms with Crippen LogP contribution in [0.4, 0.5) is 0 Å². The molecule has 0 aromatic heterocycles. The largest absolute Gasteiger partial charge is 0.459 e. The first kappa shape index (κ1) is 10.6. The highest BCUT2D eigenvalue weighted by atomic mass is 16.6. The van der Waals surface area contributed by atoms with Crippen LogP contribution in [0, 0.1) is 29.6 Å². The summed E-state index contributed by atoms with van der Waals surface area (Å²) in [5.41, 5.74) is -0.0568. The molecule has 0 unspecified atom stereocenters. The van der Waals surface area contributed by atoms with E-state index in [9.17, 15) is 4.79 Å². The Kier molecular flexibility index (Phi) is 2.15. The van der Waals surface area contributed by atoms with Crippen molar-refractivity contribution in [2.45, 2.75) is 52.1 Å². The lowest BCUT2D eigenvalue weighted by Crippen LogP contribution is -2.49. The number of hydrogen-bond acceptors (Lipinski definition) is 2. The fraction of sp³-hybridized carbons (Fsp3) is 0.929. The molecule has 2 heteroatoms. The van der Waals surface area contributed by atoms with Gasteiger partial charge in [0.05, 0.1) is 5.92 Å². The van der Waals surface area contributed by atoms with Crippen molar-refractivity contribution in [2.24, 2.45) is 29.6 Å². The van der Waals surface area contributed by atoms with Gasteiger partial charge >= 0.3 is 5.97 Å². The topological polar surface area (TPSA) is 26.3 Å². The van der Waals surface area contributed by atoms with Crippen molar-refractivity contribution in [2.75, 3.05) is 0 Å². The number of carbonyl (C=O) groups is 1. The Morgan fingerprint density at radius 2 is 2.06 bits per heavy atom. The van der Waals surface area contributed by atoms with Gasteiger partial charge in [0, 0.05) is 5.92 Å². The summed E-state index contributed by atoms with van der Waals surface area (Å²) < 4.78 is 5.80. The number of carbonyl (C=O) groups excluding carboxylic acids is 1. The zero-order valence-corrected chi connectivity index (χ0v) is 10.5. The molecule has 1 heterocycles. The maximum atomic E-state index is 11.9. The van der Waals surface area contributed by atoms with Gasteiger partial charge in [0.25, 0.3) is 0 Å². The van der Waals surface area contributed by atoms with Gasteiger partial charge in [-0.15, -0.1) is 0 Å². The zero-order valence-electron chi connectivity index (χ0n) is 10.5. The highest BCUT2D eigenvalue weighted by Gasteiger charge is 2.73. The second-order valence-corrected chi connectivity index (χ2v) is 5.91. The predicted molar refractivity (Wildman–Crippen MR) is 61.8 cm³/mol. The Balaban J connectivity index is 1.96. The molecule has 2 nitrogen and oxygen atoms in total. The van der Waals surface area contributed by atoms with Gasteiger partial charge in [-0.05, 0) is 30.6 Å². The molecule has 3 aliphatic rings. The van der Waals surface area contributed by atoms with Gasteiger partial charge in [-0.25, -0.2) is 0 Å². The van der Waals surface area contributed by atoms with Crippen LogP contribution in [-0.4, -0.2) is 11.6 Å². The highest BCUT2D eigenvalue weighted by Crippen LogP contribution is 2.69. The van der Waals surface area contributed by atoms with Crippen LogP contribution in [0.15, 0.2) is 0 Å². The molecule has 16 heavy (non-hydrogen) atoms. The van der Waals surface area contributed by atoms with Crippen LogP contribution in [0.1, 0.15) is 46.5 Å². The lowest BCUT2D eigenvalue weighted by Gasteiger charge is -2.47. The minimum atomic E-state index is -0.0568. The molecule has 1 aliphatic heterocycles. The monoisotopic (exact) mass is 222 g/mol. The zero-order chi connectivity index (χ0) is 11.5. The molecule has 2 saturated carbocycles. The molecule has 90 valence electrons. The van der Waals surface area contributed by atoms with Crippen LogP contribution >= 0.6 is 0 Å². The number of rotatable bonds is 3. The summed E-state index contributed by atoms with van der Waals surface area (Å²) in [4.78, 5) is 11.9. The lowest BCUT2D eigenvalue weighted by molar-refractivity contribution is -0.154.